The molecule has 1 amide bonds. The van der Waals surface area contributed by atoms with Gasteiger partial charge in [0.2, 0.25) is 11.8 Å². The molecule has 2 aromatic carbocycles. The molecule has 0 radical (unpaired) electrons. The molecule has 0 saturated heterocycles. The van der Waals surface area contributed by atoms with Gasteiger partial charge in [0.05, 0.1) is 24.3 Å². The quantitative estimate of drug-likeness (QED) is 0.436. The Hall–Kier alpha value is -3.79. The number of aromatic carboxylic acids is 1. The molecule has 36 heavy (non-hydrogen) atoms. The van der Waals surface area contributed by atoms with E-state index >= 15 is 0 Å². The van der Waals surface area contributed by atoms with Crippen LogP contribution in [0, 0.1) is 11.6 Å². The first-order valence-corrected chi connectivity index (χ1v) is 11.7. The average Bonchev–Trinajstić information content (AvgIpc) is 3.26. The molecule has 3 aromatic rings. The summed E-state index contributed by atoms with van der Waals surface area (Å²) in [4.78, 5) is 24.3. The first kappa shape index (κ1) is 25.3. The Labute approximate surface area is 206 Å². The number of carboxylic acid groups (broad SMARTS) is 1. The fourth-order valence-corrected chi connectivity index (χ4v) is 4.18. The normalized spacial score (nSPS) is 17.5. The smallest absolute Gasteiger partial charge is 0.356 e. The van der Waals surface area contributed by atoms with Crippen molar-refractivity contribution in [3.05, 3.63) is 83.1 Å². The Morgan fingerprint density at radius 2 is 1.75 bits per heavy atom. The lowest BCUT2D eigenvalue weighted by Crippen LogP contribution is -2.47. The first-order valence-electron chi connectivity index (χ1n) is 11.7. The van der Waals surface area contributed by atoms with Crippen LogP contribution >= 0.6 is 0 Å². The molecule has 4 rings (SSSR count). The summed E-state index contributed by atoms with van der Waals surface area (Å²) < 4.78 is 40.5. The van der Waals surface area contributed by atoms with Gasteiger partial charge in [-0.25, -0.2) is 18.3 Å². The Morgan fingerprint density at radius 3 is 2.47 bits per heavy atom. The summed E-state index contributed by atoms with van der Waals surface area (Å²) in [6, 6.07) is 14.1. The number of aromatic nitrogens is 2. The van der Waals surface area contributed by atoms with Gasteiger partial charge in [-0.15, -0.1) is 0 Å². The van der Waals surface area contributed by atoms with Crippen LogP contribution in [0.3, 0.4) is 0 Å². The van der Waals surface area contributed by atoms with Crippen molar-refractivity contribution in [3.8, 4) is 5.88 Å². The van der Waals surface area contributed by atoms with Crippen molar-refractivity contribution >= 4 is 11.9 Å². The van der Waals surface area contributed by atoms with Gasteiger partial charge in [-0.1, -0.05) is 49.2 Å². The maximum absolute atomic E-state index is 14.0. The highest BCUT2D eigenvalue weighted by Gasteiger charge is 2.28. The Bertz CT molecular complexity index is 1180. The minimum absolute atomic E-state index is 0.0919. The van der Waals surface area contributed by atoms with E-state index in [0.29, 0.717) is 6.61 Å². The molecule has 1 aromatic heterocycles. The topological polar surface area (TPSA) is 103 Å². The van der Waals surface area contributed by atoms with E-state index < -0.39 is 30.1 Å². The van der Waals surface area contributed by atoms with Crippen LogP contribution in [-0.4, -0.2) is 38.9 Å². The standard InChI is InChI=1S/C26H27F2N3O5/c27-19-9-6-10-20(28)18(19)16-36-25-13-22(26(33)34)30-31(25)14-24(32)29-21-11-4-5-12-23(21)35-15-17-7-2-1-3-8-17/h1-3,6-10,13,21,23H,4-5,11-12,14-16H2,(H,29,32)(H,33,34)/t21-,23-/m0/s1. The number of halogens is 2. The van der Waals surface area contributed by atoms with Gasteiger partial charge in [0.25, 0.3) is 0 Å². The molecule has 1 fully saturated rings. The molecule has 1 heterocycles. The summed E-state index contributed by atoms with van der Waals surface area (Å²) in [5.41, 5.74) is 0.375. The van der Waals surface area contributed by atoms with Gasteiger partial charge >= 0.3 is 5.97 Å². The highest BCUT2D eigenvalue weighted by atomic mass is 19.1. The average molecular weight is 500 g/mol. The first-order chi connectivity index (χ1) is 17.4. The molecule has 2 N–H and O–H groups in total. The van der Waals surface area contributed by atoms with Crippen molar-refractivity contribution in [2.75, 3.05) is 0 Å². The molecule has 0 unspecified atom stereocenters. The van der Waals surface area contributed by atoms with E-state index in [9.17, 15) is 23.5 Å². The Morgan fingerprint density at radius 1 is 1.03 bits per heavy atom. The summed E-state index contributed by atoms with van der Waals surface area (Å²) in [5.74, 6) is -3.41. The summed E-state index contributed by atoms with van der Waals surface area (Å²) in [6.45, 7) is -0.392. The molecule has 1 saturated carbocycles. The lowest BCUT2D eigenvalue weighted by molar-refractivity contribution is -0.124. The number of hydrogen-bond donors (Lipinski definition) is 2. The van der Waals surface area contributed by atoms with Gasteiger partial charge in [-0.3, -0.25) is 4.79 Å². The number of carbonyl (C=O) groups is 2. The molecule has 0 aliphatic heterocycles. The zero-order chi connectivity index (χ0) is 25.5. The second-order valence-corrected chi connectivity index (χ2v) is 8.61. The Kier molecular flexibility index (Phi) is 8.27. The van der Waals surface area contributed by atoms with E-state index in [-0.39, 0.29) is 35.8 Å². The third-order valence-electron chi connectivity index (χ3n) is 6.04. The second-order valence-electron chi connectivity index (χ2n) is 8.61. The molecule has 1 aliphatic carbocycles. The van der Waals surface area contributed by atoms with Gasteiger partial charge in [0, 0.05) is 6.07 Å². The van der Waals surface area contributed by atoms with Gasteiger partial charge in [0.1, 0.15) is 24.8 Å². The van der Waals surface area contributed by atoms with E-state index in [2.05, 4.69) is 10.4 Å². The van der Waals surface area contributed by atoms with Crippen molar-refractivity contribution in [1.82, 2.24) is 15.1 Å². The number of nitrogens with one attached hydrogen (secondary N) is 1. The molecule has 10 heteroatoms. The van der Waals surface area contributed by atoms with Crippen molar-refractivity contribution < 1.29 is 33.0 Å². The van der Waals surface area contributed by atoms with Crippen LogP contribution in [0.15, 0.2) is 54.6 Å². The predicted molar refractivity (Wildman–Crippen MR) is 125 cm³/mol. The van der Waals surface area contributed by atoms with Crippen LogP contribution in [0.4, 0.5) is 8.78 Å². The lowest BCUT2D eigenvalue weighted by atomic mass is 9.92. The van der Waals surface area contributed by atoms with Crippen molar-refractivity contribution in [1.29, 1.82) is 0 Å². The largest absolute Gasteiger partial charge is 0.476 e. The molecular weight excluding hydrogens is 472 g/mol. The predicted octanol–water partition coefficient (Wildman–Crippen LogP) is 4.08. The number of carboxylic acids is 1. The summed E-state index contributed by atoms with van der Waals surface area (Å²) in [7, 11) is 0. The monoisotopic (exact) mass is 499 g/mol. The Balaban J connectivity index is 1.41. The number of carbonyl (C=O) groups excluding carboxylic acids is 1. The third-order valence-corrected chi connectivity index (χ3v) is 6.04. The summed E-state index contributed by atoms with van der Waals surface area (Å²) in [5, 5.41) is 16.2. The maximum Gasteiger partial charge on any atom is 0.356 e. The molecule has 0 bridgehead atoms. The number of rotatable bonds is 10. The second kappa shape index (κ2) is 11.8. The zero-order valence-corrected chi connectivity index (χ0v) is 19.5. The van der Waals surface area contributed by atoms with Crippen LogP contribution < -0.4 is 10.1 Å². The van der Waals surface area contributed by atoms with E-state index in [0.717, 1.165) is 54.1 Å². The maximum atomic E-state index is 14.0. The highest BCUT2D eigenvalue weighted by molar-refractivity contribution is 5.85. The van der Waals surface area contributed by atoms with Crippen LogP contribution in [0.2, 0.25) is 0 Å². The minimum atomic E-state index is -1.32. The van der Waals surface area contributed by atoms with Gasteiger partial charge in [0.15, 0.2) is 5.69 Å². The van der Waals surface area contributed by atoms with Crippen molar-refractivity contribution in [3.63, 3.8) is 0 Å². The fraction of sp³-hybridized carbons (Fsp3) is 0.346. The number of amides is 1. The molecule has 190 valence electrons. The van der Waals surface area contributed by atoms with Crippen LogP contribution in [-0.2, 0) is 29.3 Å². The summed E-state index contributed by atoms with van der Waals surface area (Å²) in [6.07, 6.45) is 3.35. The molecule has 1 aliphatic rings. The number of nitrogens with zero attached hydrogens (tertiary/aromatic N) is 2. The van der Waals surface area contributed by atoms with Crippen molar-refractivity contribution in [2.24, 2.45) is 0 Å². The SMILES string of the molecule is O=C(Cn1nc(C(=O)O)cc1OCc1c(F)cccc1F)N[C@H]1CCCC[C@@H]1OCc1ccccc1. The summed E-state index contributed by atoms with van der Waals surface area (Å²) >= 11 is 0. The minimum Gasteiger partial charge on any atom is -0.476 e. The van der Waals surface area contributed by atoms with E-state index in [4.69, 9.17) is 9.47 Å². The zero-order valence-electron chi connectivity index (χ0n) is 19.5. The van der Waals surface area contributed by atoms with Gasteiger partial charge in [-0.2, -0.15) is 5.10 Å². The van der Waals surface area contributed by atoms with Gasteiger partial charge in [-0.05, 0) is 30.5 Å². The molecule has 8 nitrogen and oxygen atoms in total. The van der Waals surface area contributed by atoms with E-state index in [1.165, 1.54) is 6.07 Å². The number of hydrogen-bond acceptors (Lipinski definition) is 5. The fourth-order valence-electron chi connectivity index (χ4n) is 4.18. The highest BCUT2D eigenvalue weighted by Crippen LogP contribution is 2.23. The van der Waals surface area contributed by atoms with Crippen molar-refractivity contribution in [2.45, 2.75) is 57.6 Å². The number of ether oxygens (including phenoxy) is 2. The van der Waals surface area contributed by atoms with Crippen LogP contribution in [0.1, 0.15) is 47.3 Å². The van der Waals surface area contributed by atoms with Crippen LogP contribution in [0.5, 0.6) is 5.88 Å². The van der Waals surface area contributed by atoms with Crippen LogP contribution in [0.25, 0.3) is 0 Å². The third kappa shape index (κ3) is 6.45. The lowest BCUT2D eigenvalue weighted by Gasteiger charge is -2.32. The van der Waals surface area contributed by atoms with Gasteiger partial charge < -0.3 is 19.9 Å². The van der Waals surface area contributed by atoms with E-state index in [1.54, 1.807) is 0 Å². The number of benzene rings is 2. The molecule has 2 atom stereocenters. The molecule has 0 spiro atoms. The molecular formula is C26H27F2N3O5. The van der Waals surface area contributed by atoms with E-state index in [1.807, 2.05) is 30.3 Å².